The predicted molar refractivity (Wildman–Crippen MR) is 65.8 cm³/mol. The van der Waals surface area contributed by atoms with E-state index in [9.17, 15) is 4.79 Å². The van der Waals surface area contributed by atoms with Crippen molar-refractivity contribution in [1.82, 2.24) is 15.6 Å². The molecule has 2 N–H and O–H groups in total. The molecule has 1 aromatic heterocycles. The van der Waals surface area contributed by atoms with E-state index < -0.39 is 6.09 Å². The van der Waals surface area contributed by atoms with E-state index in [4.69, 9.17) is 17.0 Å². The fourth-order valence-corrected chi connectivity index (χ4v) is 1.16. The molecule has 6 nitrogen and oxygen atoms in total. The van der Waals surface area contributed by atoms with Gasteiger partial charge < -0.3 is 14.8 Å². The van der Waals surface area contributed by atoms with Gasteiger partial charge in [-0.15, -0.1) is 0 Å². The molecule has 1 aromatic rings. The number of thiocarbonyl (C=S) groups is 1. The minimum absolute atomic E-state index is 0.202. The number of pyridine rings is 1. The maximum Gasteiger partial charge on any atom is 0.413 e. The Balaban J connectivity index is 2.39. The highest BCUT2D eigenvalue weighted by atomic mass is 32.1. The van der Waals surface area contributed by atoms with Gasteiger partial charge in [-0.05, 0) is 17.8 Å². The zero-order valence-electron chi connectivity index (χ0n) is 9.52. The molecule has 0 radical (unpaired) electrons. The second-order valence-electron chi connectivity index (χ2n) is 3.01. The Bertz CT molecular complexity index is 394. The topological polar surface area (TPSA) is 72.5 Å². The van der Waals surface area contributed by atoms with Crippen molar-refractivity contribution < 1.29 is 14.3 Å². The Morgan fingerprint density at radius 1 is 1.47 bits per heavy atom. The quantitative estimate of drug-likeness (QED) is 0.779. The van der Waals surface area contributed by atoms with Crippen LogP contribution in [0.25, 0.3) is 0 Å². The highest BCUT2D eigenvalue weighted by Crippen LogP contribution is 2.05. The Kier molecular flexibility index (Phi) is 5.15. The molecule has 1 rings (SSSR count). The van der Waals surface area contributed by atoms with Crippen LogP contribution in [0.2, 0.25) is 0 Å². The number of carbonyl (C=O) groups excluding carboxylic acids is 1. The van der Waals surface area contributed by atoms with Gasteiger partial charge >= 0.3 is 6.09 Å². The third kappa shape index (κ3) is 4.64. The zero-order chi connectivity index (χ0) is 12.7. The van der Waals surface area contributed by atoms with Crippen molar-refractivity contribution in [2.45, 2.75) is 6.54 Å². The number of carbonyl (C=O) groups is 1. The lowest BCUT2D eigenvalue weighted by molar-refractivity contribution is 0.176. The Hall–Kier alpha value is -1.89. The molecule has 0 aromatic carbocycles. The number of ether oxygens (including phenoxy) is 2. The van der Waals surface area contributed by atoms with Gasteiger partial charge in [-0.1, -0.05) is 6.07 Å². The summed E-state index contributed by atoms with van der Waals surface area (Å²) in [5.74, 6) is 0.545. The molecule has 17 heavy (non-hydrogen) atoms. The van der Waals surface area contributed by atoms with E-state index >= 15 is 0 Å². The van der Waals surface area contributed by atoms with Gasteiger partial charge in [0.1, 0.15) is 0 Å². The van der Waals surface area contributed by atoms with E-state index in [1.54, 1.807) is 19.4 Å². The SMILES string of the molecule is COC(=O)NC(=S)NCc1ccc(OC)nc1. The fourth-order valence-electron chi connectivity index (χ4n) is 1.01. The van der Waals surface area contributed by atoms with Crippen molar-refractivity contribution in [2.75, 3.05) is 14.2 Å². The molecule has 0 saturated heterocycles. The summed E-state index contributed by atoms with van der Waals surface area (Å²) >= 11 is 4.88. The number of hydrogen-bond donors (Lipinski definition) is 2. The Labute approximate surface area is 104 Å². The molecule has 1 amide bonds. The second-order valence-corrected chi connectivity index (χ2v) is 3.42. The summed E-state index contributed by atoms with van der Waals surface area (Å²) in [6.45, 7) is 0.458. The number of nitrogens with zero attached hydrogens (tertiary/aromatic N) is 1. The van der Waals surface area contributed by atoms with Crippen molar-refractivity contribution >= 4 is 23.4 Å². The first kappa shape index (κ1) is 13.2. The fraction of sp³-hybridized carbons (Fsp3) is 0.300. The number of alkyl carbamates (subject to hydrolysis) is 1. The van der Waals surface area contributed by atoms with Crippen LogP contribution in [-0.4, -0.2) is 30.4 Å². The Morgan fingerprint density at radius 2 is 2.24 bits per heavy atom. The van der Waals surface area contributed by atoms with Crippen LogP contribution in [0.15, 0.2) is 18.3 Å². The summed E-state index contributed by atoms with van der Waals surface area (Å²) in [7, 11) is 2.82. The minimum atomic E-state index is -0.602. The molecule has 0 aliphatic carbocycles. The zero-order valence-corrected chi connectivity index (χ0v) is 10.3. The van der Waals surface area contributed by atoms with Crippen molar-refractivity contribution in [3.63, 3.8) is 0 Å². The monoisotopic (exact) mass is 255 g/mol. The normalized spacial score (nSPS) is 9.29. The van der Waals surface area contributed by atoms with E-state index in [-0.39, 0.29) is 5.11 Å². The maximum absolute atomic E-state index is 10.8. The van der Waals surface area contributed by atoms with Crippen molar-refractivity contribution in [3.05, 3.63) is 23.9 Å². The van der Waals surface area contributed by atoms with Crippen molar-refractivity contribution in [3.8, 4) is 5.88 Å². The van der Waals surface area contributed by atoms with E-state index in [0.717, 1.165) is 5.56 Å². The average Bonchev–Trinajstić information content (AvgIpc) is 2.36. The van der Waals surface area contributed by atoms with Gasteiger partial charge in [-0.2, -0.15) is 0 Å². The van der Waals surface area contributed by atoms with Gasteiger partial charge in [-0.3, -0.25) is 5.32 Å². The highest BCUT2D eigenvalue weighted by Gasteiger charge is 2.02. The number of aromatic nitrogens is 1. The minimum Gasteiger partial charge on any atom is -0.481 e. The smallest absolute Gasteiger partial charge is 0.413 e. The molecule has 0 unspecified atom stereocenters. The first-order chi connectivity index (χ1) is 8.15. The van der Waals surface area contributed by atoms with E-state index in [1.807, 2.05) is 6.07 Å². The second kappa shape index (κ2) is 6.64. The summed E-state index contributed by atoms with van der Waals surface area (Å²) in [4.78, 5) is 14.9. The van der Waals surface area contributed by atoms with Crippen LogP contribution in [0.5, 0.6) is 5.88 Å². The molecule has 1 heterocycles. The molecular weight excluding hydrogens is 242 g/mol. The molecule has 0 fully saturated rings. The molecule has 92 valence electrons. The van der Waals surface area contributed by atoms with Crippen LogP contribution >= 0.6 is 12.2 Å². The number of hydrogen-bond acceptors (Lipinski definition) is 5. The number of rotatable bonds is 3. The largest absolute Gasteiger partial charge is 0.481 e. The third-order valence-electron chi connectivity index (χ3n) is 1.86. The Morgan fingerprint density at radius 3 is 2.76 bits per heavy atom. The lowest BCUT2D eigenvalue weighted by atomic mass is 10.3. The van der Waals surface area contributed by atoms with E-state index in [0.29, 0.717) is 12.4 Å². The maximum atomic E-state index is 10.8. The molecular formula is C10H13N3O3S. The molecule has 0 saturated carbocycles. The number of nitrogens with one attached hydrogen (secondary N) is 2. The molecule has 0 bridgehead atoms. The van der Waals surface area contributed by atoms with Gasteiger partial charge in [0.05, 0.1) is 14.2 Å². The molecule has 0 aliphatic heterocycles. The van der Waals surface area contributed by atoms with Gasteiger partial charge in [0, 0.05) is 18.8 Å². The predicted octanol–water partition coefficient (Wildman–Crippen LogP) is 0.821. The number of methoxy groups -OCH3 is 2. The van der Waals surface area contributed by atoms with Crippen LogP contribution in [0.1, 0.15) is 5.56 Å². The van der Waals surface area contributed by atoms with E-state index in [1.165, 1.54) is 7.11 Å². The third-order valence-corrected chi connectivity index (χ3v) is 2.11. The summed E-state index contributed by atoms with van der Waals surface area (Å²) in [5, 5.41) is 5.38. The standard InChI is InChI=1S/C10H13N3O3S/c1-15-8-4-3-7(5-11-8)6-12-9(17)13-10(14)16-2/h3-5H,6H2,1-2H3,(H2,12,13,14,17). The first-order valence-electron chi connectivity index (χ1n) is 4.77. The summed E-state index contributed by atoms with van der Waals surface area (Å²) in [6, 6.07) is 3.59. The molecule has 0 aliphatic rings. The summed E-state index contributed by atoms with van der Waals surface area (Å²) < 4.78 is 9.33. The average molecular weight is 255 g/mol. The summed E-state index contributed by atoms with van der Waals surface area (Å²) in [6.07, 6.45) is 1.06. The van der Waals surface area contributed by atoms with E-state index in [2.05, 4.69) is 20.4 Å². The molecule has 7 heteroatoms. The van der Waals surface area contributed by atoms with Crippen LogP contribution in [0.3, 0.4) is 0 Å². The first-order valence-corrected chi connectivity index (χ1v) is 5.18. The summed E-state index contributed by atoms with van der Waals surface area (Å²) in [5.41, 5.74) is 0.916. The van der Waals surface area contributed by atoms with Crippen molar-refractivity contribution in [1.29, 1.82) is 0 Å². The highest BCUT2D eigenvalue weighted by molar-refractivity contribution is 7.80. The van der Waals surface area contributed by atoms with Gasteiger partial charge in [0.15, 0.2) is 5.11 Å². The lowest BCUT2D eigenvalue weighted by Crippen LogP contribution is -2.38. The lowest BCUT2D eigenvalue weighted by Gasteiger charge is -2.08. The molecule has 0 atom stereocenters. The number of amides is 1. The van der Waals surface area contributed by atoms with Gasteiger partial charge in [0.25, 0.3) is 0 Å². The van der Waals surface area contributed by atoms with Gasteiger partial charge in [0.2, 0.25) is 5.88 Å². The van der Waals surface area contributed by atoms with Crippen LogP contribution in [0, 0.1) is 0 Å². The molecule has 0 spiro atoms. The van der Waals surface area contributed by atoms with Crippen molar-refractivity contribution in [2.24, 2.45) is 0 Å². The van der Waals surface area contributed by atoms with Crippen LogP contribution < -0.4 is 15.4 Å². The van der Waals surface area contributed by atoms with Gasteiger partial charge in [-0.25, -0.2) is 9.78 Å². The van der Waals surface area contributed by atoms with Crippen LogP contribution in [-0.2, 0) is 11.3 Å². The van der Waals surface area contributed by atoms with Crippen LogP contribution in [0.4, 0.5) is 4.79 Å².